The van der Waals surface area contributed by atoms with Crippen LogP contribution < -0.4 is 10.8 Å². The highest BCUT2D eigenvalue weighted by Gasteiger charge is 2.30. The molecule has 0 atom stereocenters. The van der Waals surface area contributed by atoms with Crippen molar-refractivity contribution in [1.29, 1.82) is 10.5 Å². The quantitative estimate of drug-likeness (QED) is 0.667. The van der Waals surface area contributed by atoms with E-state index in [0.717, 1.165) is 5.17 Å². The summed E-state index contributed by atoms with van der Waals surface area (Å²) in [4.78, 5) is 30.6. The number of rotatable bonds is 1. The molecule has 8 nitrogen and oxygen atoms in total. The second-order valence-corrected chi connectivity index (χ2v) is 3.11. The topological polar surface area (TPSA) is 115 Å². The molecule has 1 aliphatic rings. The van der Waals surface area contributed by atoms with Crippen LogP contribution in [0.2, 0.25) is 0 Å². The van der Waals surface area contributed by atoms with Crippen LogP contribution in [0.5, 0.6) is 0 Å². The van der Waals surface area contributed by atoms with Crippen molar-refractivity contribution in [3.8, 4) is 12.1 Å². The Kier molecular flexibility index (Phi) is 2.79. The van der Waals surface area contributed by atoms with Crippen LogP contribution in [0.25, 0.3) is 0 Å². The minimum Gasteiger partial charge on any atom is -0.338 e. The summed E-state index contributed by atoms with van der Waals surface area (Å²) in [5.74, 6) is -2.42. The Hall–Kier alpha value is -3.10. The molecule has 0 saturated carbocycles. The van der Waals surface area contributed by atoms with Crippen LogP contribution >= 0.6 is 0 Å². The van der Waals surface area contributed by atoms with E-state index in [0.29, 0.717) is 0 Å². The van der Waals surface area contributed by atoms with Crippen molar-refractivity contribution in [3.05, 3.63) is 29.3 Å². The van der Waals surface area contributed by atoms with Gasteiger partial charge in [-0.15, -0.1) is 0 Å². The lowest BCUT2D eigenvalue weighted by Gasteiger charge is -2.25. The molecule has 0 amide bonds. The first-order valence-corrected chi connectivity index (χ1v) is 4.59. The van der Waals surface area contributed by atoms with E-state index >= 15 is 0 Å². The summed E-state index contributed by atoms with van der Waals surface area (Å²) >= 11 is 0. The number of hydrogen-bond acceptors (Lipinski definition) is 8. The van der Waals surface area contributed by atoms with Crippen molar-refractivity contribution >= 4 is 17.6 Å². The van der Waals surface area contributed by atoms with E-state index in [2.05, 4.69) is 9.68 Å². The van der Waals surface area contributed by atoms with E-state index < -0.39 is 11.9 Å². The number of nitrogens with one attached hydrogen (secondary N) is 1. The predicted octanol–water partition coefficient (Wildman–Crippen LogP) is -0.329. The Morgan fingerprint density at radius 1 is 1.17 bits per heavy atom. The molecule has 1 aromatic carbocycles. The van der Waals surface area contributed by atoms with Crippen molar-refractivity contribution < 1.29 is 19.3 Å². The van der Waals surface area contributed by atoms with E-state index in [1.807, 2.05) is 17.7 Å². The molecule has 1 fully saturated rings. The summed E-state index contributed by atoms with van der Waals surface area (Å²) in [5, 5.41) is 18.3. The molecular weight excluding hydrogens is 240 g/mol. The van der Waals surface area contributed by atoms with Crippen molar-refractivity contribution in [2.24, 2.45) is 0 Å². The molecule has 1 heterocycles. The lowest BCUT2D eigenvalue weighted by atomic mass is 10.1. The Balaban J connectivity index is 2.35. The molecule has 1 aliphatic heterocycles. The van der Waals surface area contributed by atoms with E-state index in [-0.39, 0.29) is 16.8 Å². The van der Waals surface area contributed by atoms with Gasteiger partial charge < -0.3 is 9.68 Å². The number of carbonyl (C=O) groups is 2. The lowest BCUT2D eigenvalue weighted by molar-refractivity contribution is -0.192. The molecule has 18 heavy (non-hydrogen) atoms. The molecule has 88 valence electrons. The zero-order chi connectivity index (χ0) is 13.1. The number of hydrogen-bond donors (Lipinski definition) is 1. The van der Waals surface area contributed by atoms with Gasteiger partial charge in [0.25, 0.3) is 0 Å². The molecule has 1 saturated heterocycles. The molecule has 0 aliphatic carbocycles. The summed E-state index contributed by atoms with van der Waals surface area (Å²) in [5.41, 5.74) is 2.52. The third-order valence-corrected chi connectivity index (χ3v) is 2.03. The Morgan fingerprint density at radius 2 is 1.94 bits per heavy atom. The highest BCUT2D eigenvalue weighted by molar-refractivity contribution is 6.30. The number of carbonyl (C=O) groups excluding carboxylic acids is 2. The average Bonchev–Trinajstić information content (AvgIpc) is 2.41. The highest BCUT2D eigenvalue weighted by Crippen LogP contribution is 2.21. The maximum absolute atomic E-state index is 11.0. The molecular formula is C10H4N4O4. The van der Waals surface area contributed by atoms with Crippen molar-refractivity contribution in [2.75, 3.05) is 5.17 Å². The molecule has 0 unspecified atom stereocenters. The summed E-state index contributed by atoms with van der Waals surface area (Å²) in [7, 11) is 0. The Morgan fingerprint density at radius 3 is 2.56 bits per heavy atom. The number of nitriles is 2. The second kappa shape index (κ2) is 4.41. The van der Waals surface area contributed by atoms with Gasteiger partial charge in [0.1, 0.15) is 11.8 Å². The van der Waals surface area contributed by atoms with Crippen LogP contribution in [0.3, 0.4) is 0 Å². The summed E-state index contributed by atoms with van der Waals surface area (Å²) in [6.07, 6.45) is 0. The van der Waals surface area contributed by atoms with Crippen molar-refractivity contribution in [1.82, 2.24) is 5.59 Å². The van der Waals surface area contributed by atoms with E-state index in [9.17, 15) is 9.59 Å². The van der Waals surface area contributed by atoms with Crippen LogP contribution in [-0.4, -0.2) is 11.9 Å². The monoisotopic (exact) mass is 244 g/mol. The average molecular weight is 244 g/mol. The van der Waals surface area contributed by atoms with Gasteiger partial charge in [-0.2, -0.15) is 10.5 Å². The largest absolute Gasteiger partial charge is 0.444 e. The third-order valence-electron chi connectivity index (χ3n) is 2.03. The molecule has 8 heteroatoms. The second-order valence-electron chi connectivity index (χ2n) is 3.11. The van der Waals surface area contributed by atoms with Crippen molar-refractivity contribution in [2.45, 2.75) is 0 Å². The number of benzene rings is 1. The first kappa shape index (κ1) is 11.4. The fraction of sp³-hybridized carbons (Fsp3) is 0. The summed E-state index contributed by atoms with van der Waals surface area (Å²) in [6, 6.07) is 7.79. The van der Waals surface area contributed by atoms with Gasteiger partial charge in [0, 0.05) is 0 Å². The fourth-order valence-corrected chi connectivity index (χ4v) is 1.23. The zero-order valence-electron chi connectivity index (χ0n) is 8.71. The first-order chi connectivity index (χ1) is 8.65. The molecule has 0 spiro atoms. The Bertz CT molecular complexity index is 613. The zero-order valence-corrected chi connectivity index (χ0v) is 8.71. The van der Waals surface area contributed by atoms with Crippen LogP contribution in [0.15, 0.2) is 18.2 Å². The molecule has 1 N–H and O–H groups in total. The third kappa shape index (κ3) is 1.91. The smallest absolute Gasteiger partial charge is 0.338 e. The van der Waals surface area contributed by atoms with Crippen LogP contribution in [-0.2, 0) is 19.3 Å². The summed E-state index contributed by atoms with van der Waals surface area (Å²) < 4.78 is 0. The van der Waals surface area contributed by atoms with Gasteiger partial charge in [0.15, 0.2) is 0 Å². The molecule has 0 aromatic heterocycles. The normalized spacial score (nSPS) is 14.2. The Labute approximate surface area is 100 Å². The van der Waals surface area contributed by atoms with Gasteiger partial charge in [-0.05, 0) is 23.8 Å². The van der Waals surface area contributed by atoms with Gasteiger partial charge in [0.2, 0.25) is 0 Å². The van der Waals surface area contributed by atoms with E-state index in [1.54, 1.807) is 0 Å². The van der Waals surface area contributed by atoms with E-state index in [1.165, 1.54) is 18.2 Å². The fourth-order valence-electron chi connectivity index (χ4n) is 1.23. The van der Waals surface area contributed by atoms with Crippen LogP contribution in [0.4, 0.5) is 5.69 Å². The number of nitrogens with zero attached hydrogens (tertiary/aromatic N) is 3. The standard InChI is InChI=1S/C10H4N4O4/c11-4-6-1-2-8(7(3-6)5-12)14-13-17-9(15)10(16)18-14/h1-3,13H. The first-order valence-electron chi connectivity index (χ1n) is 4.59. The van der Waals surface area contributed by atoms with Gasteiger partial charge in [0.05, 0.1) is 17.2 Å². The molecule has 0 radical (unpaired) electrons. The molecule has 0 bridgehead atoms. The number of anilines is 1. The summed E-state index contributed by atoms with van der Waals surface area (Å²) in [6.45, 7) is 0. The highest BCUT2D eigenvalue weighted by atomic mass is 16.9. The number of hydrazine groups is 1. The minimum atomic E-state index is -1.22. The molecule has 1 aromatic rings. The van der Waals surface area contributed by atoms with E-state index in [4.69, 9.17) is 10.5 Å². The predicted molar refractivity (Wildman–Crippen MR) is 53.7 cm³/mol. The lowest BCUT2D eigenvalue weighted by Crippen LogP contribution is -2.49. The van der Waals surface area contributed by atoms with Crippen molar-refractivity contribution in [3.63, 3.8) is 0 Å². The van der Waals surface area contributed by atoms with Gasteiger partial charge in [-0.3, -0.25) is 0 Å². The minimum absolute atomic E-state index is 0.0762. The van der Waals surface area contributed by atoms with Gasteiger partial charge >= 0.3 is 11.9 Å². The van der Waals surface area contributed by atoms with Crippen LogP contribution in [0, 0.1) is 22.7 Å². The maximum Gasteiger partial charge on any atom is 0.444 e. The maximum atomic E-state index is 11.0. The SMILES string of the molecule is N#Cc1ccc(N2NOC(=O)C(=O)O2)c(C#N)c1. The van der Waals surface area contributed by atoms with Gasteiger partial charge in [-0.1, -0.05) is 5.17 Å². The van der Waals surface area contributed by atoms with Crippen LogP contribution in [0.1, 0.15) is 11.1 Å². The van der Waals surface area contributed by atoms with Gasteiger partial charge in [-0.25, -0.2) is 9.59 Å². The molecule has 2 rings (SSSR count).